The topological polar surface area (TPSA) is 29.5 Å². The van der Waals surface area contributed by atoms with Gasteiger partial charge in [-0.2, -0.15) is 0 Å². The molecular weight excluding hydrogens is 226 g/mol. The summed E-state index contributed by atoms with van der Waals surface area (Å²) in [5.41, 5.74) is 0.380. The number of likely N-dealkylation sites (tertiary alicyclic amines) is 1. The van der Waals surface area contributed by atoms with Crippen LogP contribution < -0.4 is 0 Å². The molecule has 0 aromatic rings. The molecule has 0 amide bonds. The molecule has 1 heterocycles. The van der Waals surface area contributed by atoms with E-state index < -0.39 is 0 Å². The highest BCUT2D eigenvalue weighted by Crippen LogP contribution is 2.36. The number of nitrogens with zero attached hydrogens (tertiary/aromatic N) is 1. The van der Waals surface area contributed by atoms with Crippen molar-refractivity contribution in [1.82, 2.24) is 4.90 Å². The fraction of sp³-hybridized carbons (Fsp3) is 0.933. The lowest BCUT2D eigenvalue weighted by atomic mass is 9.74. The summed E-state index contributed by atoms with van der Waals surface area (Å²) >= 11 is 0. The van der Waals surface area contributed by atoms with Crippen LogP contribution in [0.3, 0.4) is 0 Å². The Morgan fingerprint density at radius 2 is 1.67 bits per heavy atom. The Balaban J connectivity index is 2.82. The van der Waals surface area contributed by atoms with Gasteiger partial charge in [-0.15, -0.1) is 0 Å². The van der Waals surface area contributed by atoms with Crippen molar-refractivity contribution in [3.05, 3.63) is 0 Å². The number of ether oxygens (including phenoxy) is 1. The Kier molecular flexibility index (Phi) is 4.47. The third kappa shape index (κ3) is 4.27. The summed E-state index contributed by atoms with van der Waals surface area (Å²) in [4.78, 5) is 13.6. The minimum Gasteiger partial charge on any atom is -0.461 e. The highest BCUT2D eigenvalue weighted by atomic mass is 16.5. The molecule has 1 aliphatic rings. The molecule has 18 heavy (non-hydrogen) atoms. The standard InChI is InChI=1S/C15H29NO2/c1-11(17)18-13-8-12(14(2,3)4)9-16(10-13)15(5,6)7/h12-13H,8-10H2,1-7H3/t12-,13+/m0/s1. The van der Waals surface area contributed by atoms with Gasteiger partial charge >= 0.3 is 5.97 Å². The molecule has 1 rings (SSSR count). The fourth-order valence-electron chi connectivity index (χ4n) is 2.55. The predicted octanol–water partition coefficient (Wildman–Crippen LogP) is 3.08. The SMILES string of the molecule is CC(=O)O[C@@H]1C[C@H](C(C)(C)C)CN(C(C)(C)C)C1. The minimum atomic E-state index is -0.164. The van der Waals surface area contributed by atoms with Crippen molar-refractivity contribution in [3.63, 3.8) is 0 Å². The molecule has 3 nitrogen and oxygen atoms in total. The zero-order valence-corrected chi connectivity index (χ0v) is 13.0. The second kappa shape index (κ2) is 5.20. The molecule has 0 unspecified atom stereocenters. The molecular formula is C15H29NO2. The maximum Gasteiger partial charge on any atom is 0.302 e. The van der Waals surface area contributed by atoms with E-state index in [-0.39, 0.29) is 23.0 Å². The van der Waals surface area contributed by atoms with Crippen LogP contribution >= 0.6 is 0 Å². The van der Waals surface area contributed by atoms with Crippen LogP contribution in [0.2, 0.25) is 0 Å². The van der Waals surface area contributed by atoms with E-state index in [1.165, 1.54) is 6.92 Å². The first kappa shape index (κ1) is 15.5. The molecule has 0 aromatic carbocycles. The first-order valence-corrected chi connectivity index (χ1v) is 6.92. The lowest BCUT2D eigenvalue weighted by molar-refractivity contribution is -0.153. The molecule has 0 saturated carbocycles. The average Bonchev–Trinajstić information content (AvgIpc) is 2.13. The third-order valence-electron chi connectivity index (χ3n) is 3.92. The smallest absolute Gasteiger partial charge is 0.302 e. The van der Waals surface area contributed by atoms with Gasteiger partial charge in [0.25, 0.3) is 0 Å². The maximum absolute atomic E-state index is 11.2. The molecule has 106 valence electrons. The molecule has 3 heteroatoms. The second-order valence-corrected chi connectivity index (χ2v) is 7.61. The molecule has 0 spiro atoms. The van der Waals surface area contributed by atoms with E-state index in [9.17, 15) is 4.79 Å². The molecule has 1 aliphatic heterocycles. The number of rotatable bonds is 1. The monoisotopic (exact) mass is 255 g/mol. The Labute approximate surface area is 112 Å². The summed E-state index contributed by atoms with van der Waals surface area (Å²) in [5, 5.41) is 0. The largest absolute Gasteiger partial charge is 0.461 e. The third-order valence-corrected chi connectivity index (χ3v) is 3.92. The zero-order valence-electron chi connectivity index (χ0n) is 13.0. The van der Waals surface area contributed by atoms with Gasteiger partial charge in [0.05, 0.1) is 0 Å². The van der Waals surface area contributed by atoms with Gasteiger partial charge in [0, 0.05) is 25.6 Å². The van der Waals surface area contributed by atoms with Crippen LogP contribution in [0.1, 0.15) is 54.9 Å². The van der Waals surface area contributed by atoms with Crippen LogP contribution in [0.25, 0.3) is 0 Å². The van der Waals surface area contributed by atoms with E-state index in [4.69, 9.17) is 4.74 Å². The van der Waals surface area contributed by atoms with Gasteiger partial charge < -0.3 is 4.74 Å². The lowest BCUT2D eigenvalue weighted by Crippen LogP contribution is -2.54. The number of carbonyl (C=O) groups excluding carboxylic acids is 1. The fourth-order valence-corrected chi connectivity index (χ4v) is 2.55. The van der Waals surface area contributed by atoms with Gasteiger partial charge in [-0.05, 0) is 38.5 Å². The van der Waals surface area contributed by atoms with E-state index in [2.05, 4.69) is 46.4 Å². The number of esters is 1. The van der Waals surface area contributed by atoms with Crippen molar-refractivity contribution in [2.45, 2.75) is 66.5 Å². The van der Waals surface area contributed by atoms with E-state index in [1.807, 2.05) is 0 Å². The molecule has 1 fully saturated rings. The van der Waals surface area contributed by atoms with Crippen molar-refractivity contribution in [1.29, 1.82) is 0 Å². The van der Waals surface area contributed by atoms with Crippen molar-refractivity contribution >= 4 is 5.97 Å². The number of piperidine rings is 1. The molecule has 2 atom stereocenters. The highest BCUT2D eigenvalue weighted by Gasteiger charge is 2.38. The molecule has 0 aliphatic carbocycles. The normalized spacial score (nSPS) is 27.1. The van der Waals surface area contributed by atoms with Crippen LogP contribution in [0.4, 0.5) is 0 Å². The molecule has 0 bridgehead atoms. The van der Waals surface area contributed by atoms with Crippen molar-refractivity contribution in [2.24, 2.45) is 11.3 Å². The Morgan fingerprint density at radius 3 is 2.06 bits per heavy atom. The van der Waals surface area contributed by atoms with Crippen molar-refractivity contribution < 1.29 is 9.53 Å². The van der Waals surface area contributed by atoms with E-state index in [0.29, 0.717) is 5.92 Å². The van der Waals surface area contributed by atoms with Crippen molar-refractivity contribution in [3.8, 4) is 0 Å². The predicted molar refractivity (Wildman–Crippen MR) is 74.4 cm³/mol. The van der Waals surface area contributed by atoms with E-state index in [0.717, 1.165) is 19.5 Å². The van der Waals surface area contributed by atoms with Gasteiger partial charge in [-0.3, -0.25) is 9.69 Å². The van der Waals surface area contributed by atoms with Gasteiger partial charge in [0.2, 0.25) is 0 Å². The first-order valence-electron chi connectivity index (χ1n) is 6.92. The highest BCUT2D eigenvalue weighted by molar-refractivity contribution is 5.66. The van der Waals surface area contributed by atoms with Crippen LogP contribution in [0.15, 0.2) is 0 Å². The van der Waals surface area contributed by atoms with Crippen LogP contribution in [-0.2, 0) is 9.53 Å². The summed E-state index contributed by atoms with van der Waals surface area (Å²) in [6, 6.07) is 0. The van der Waals surface area contributed by atoms with E-state index >= 15 is 0 Å². The summed E-state index contributed by atoms with van der Waals surface area (Å²) in [6.07, 6.45) is 1.02. The molecule has 1 saturated heterocycles. The van der Waals surface area contributed by atoms with Gasteiger partial charge in [0.15, 0.2) is 0 Å². The summed E-state index contributed by atoms with van der Waals surface area (Å²) in [5.74, 6) is 0.401. The van der Waals surface area contributed by atoms with Gasteiger partial charge in [-0.1, -0.05) is 20.8 Å². The Bertz CT molecular complexity index is 277. The van der Waals surface area contributed by atoms with Gasteiger partial charge in [0.1, 0.15) is 6.10 Å². The lowest BCUT2D eigenvalue weighted by Gasteiger charge is -2.47. The summed E-state index contributed by atoms with van der Waals surface area (Å²) in [7, 11) is 0. The quantitative estimate of drug-likeness (QED) is 0.674. The van der Waals surface area contributed by atoms with Gasteiger partial charge in [-0.25, -0.2) is 0 Å². The first-order chi connectivity index (χ1) is 8.00. The van der Waals surface area contributed by atoms with E-state index in [1.54, 1.807) is 0 Å². The molecule has 0 radical (unpaired) electrons. The van der Waals surface area contributed by atoms with Crippen LogP contribution in [0, 0.1) is 11.3 Å². The molecule has 0 aromatic heterocycles. The Morgan fingerprint density at radius 1 is 1.11 bits per heavy atom. The Hall–Kier alpha value is -0.570. The van der Waals surface area contributed by atoms with Crippen LogP contribution in [0.5, 0.6) is 0 Å². The van der Waals surface area contributed by atoms with Crippen LogP contribution in [-0.4, -0.2) is 35.6 Å². The molecule has 0 N–H and O–H groups in total. The minimum absolute atomic E-state index is 0.0414. The number of carbonyl (C=O) groups is 1. The number of hydrogen-bond donors (Lipinski definition) is 0. The van der Waals surface area contributed by atoms with Crippen molar-refractivity contribution in [2.75, 3.05) is 13.1 Å². The second-order valence-electron chi connectivity index (χ2n) is 7.61. The zero-order chi connectivity index (χ0) is 14.1. The average molecular weight is 255 g/mol. The summed E-state index contributed by atoms with van der Waals surface area (Å²) < 4.78 is 5.46. The maximum atomic E-state index is 11.2. The summed E-state index contributed by atoms with van der Waals surface area (Å²) in [6.45, 7) is 16.9. The number of hydrogen-bond acceptors (Lipinski definition) is 3.